The number of rotatable bonds is 9. The standard InChI is InChI=1S/C29H25F6N5O2/c1-15(2)24-13-25(29(33,34)35)39-40(24)14-26(41)38-23(10-16-8-18(30)12-19(31)9-16)27-20(4-3-7-37-27)17-5-6-22(32)21(11-17)28(36)42/h3-9,11-13,15,23H,10,14H2,1-2H3,(H2,36,42)(H,38,41). The third kappa shape index (κ3) is 6.96. The van der Waals surface area contributed by atoms with Gasteiger partial charge in [-0.3, -0.25) is 19.3 Å². The van der Waals surface area contributed by atoms with Crippen LogP contribution < -0.4 is 11.1 Å². The smallest absolute Gasteiger partial charge is 0.366 e. The van der Waals surface area contributed by atoms with Gasteiger partial charge >= 0.3 is 6.18 Å². The molecular formula is C29H25F6N5O2. The Morgan fingerprint density at radius 1 is 1.00 bits per heavy atom. The van der Waals surface area contributed by atoms with E-state index < -0.39 is 65.2 Å². The highest BCUT2D eigenvalue weighted by Crippen LogP contribution is 2.32. The second-order valence-corrected chi connectivity index (χ2v) is 9.86. The zero-order valence-electron chi connectivity index (χ0n) is 22.3. The van der Waals surface area contributed by atoms with Crippen molar-refractivity contribution in [1.82, 2.24) is 20.1 Å². The number of carbonyl (C=O) groups is 2. The van der Waals surface area contributed by atoms with Gasteiger partial charge in [0.2, 0.25) is 5.91 Å². The molecule has 4 aromatic rings. The maximum absolute atomic E-state index is 14.2. The van der Waals surface area contributed by atoms with Crippen LogP contribution in [0.3, 0.4) is 0 Å². The molecule has 0 fully saturated rings. The van der Waals surface area contributed by atoms with Crippen LogP contribution in [0.4, 0.5) is 26.3 Å². The van der Waals surface area contributed by atoms with Crippen LogP contribution in [0.2, 0.25) is 0 Å². The molecule has 220 valence electrons. The van der Waals surface area contributed by atoms with Crippen molar-refractivity contribution in [3.63, 3.8) is 0 Å². The molecule has 0 bridgehead atoms. The lowest BCUT2D eigenvalue weighted by molar-refractivity contribution is -0.141. The van der Waals surface area contributed by atoms with Crippen molar-refractivity contribution in [1.29, 1.82) is 0 Å². The first kappa shape index (κ1) is 30.3. The molecule has 2 amide bonds. The molecule has 3 N–H and O–H groups in total. The van der Waals surface area contributed by atoms with E-state index >= 15 is 0 Å². The number of hydrogen-bond donors (Lipinski definition) is 2. The van der Waals surface area contributed by atoms with Crippen molar-refractivity contribution < 1.29 is 35.9 Å². The van der Waals surface area contributed by atoms with Crippen LogP contribution in [-0.4, -0.2) is 26.6 Å². The van der Waals surface area contributed by atoms with E-state index in [4.69, 9.17) is 5.73 Å². The molecule has 0 saturated carbocycles. The minimum atomic E-state index is -4.73. The average molecular weight is 590 g/mol. The fraction of sp³-hybridized carbons (Fsp3) is 0.241. The van der Waals surface area contributed by atoms with Crippen molar-refractivity contribution in [3.8, 4) is 11.1 Å². The minimum Gasteiger partial charge on any atom is -0.366 e. The summed E-state index contributed by atoms with van der Waals surface area (Å²) in [6.07, 6.45) is -3.52. The molecule has 0 aliphatic rings. The van der Waals surface area contributed by atoms with E-state index in [2.05, 4.69) is 15.4 Å². The van der Waals surface area contributed by atoms with Crippen LogP contribution in [0.25, 0.3) is 11.1 Å². The first-order valence-corrected chi connectivity index (χ1v) is 12.7. The molecule has 0 radical (unpaired) electrons. The van der Waals surface area contributed by atoms with Gasteiger partial charge in [0.1, 0.15) is 24.0 Å². The normalized spacial score (nSPS) is 12.4. The van der Waals surface area contributed by atoms with Gasteiger partial charge < -0.3 is 11.1 Å². The number of aromatic nitrogens is 3. The summed E-state index contributed by atoms with van der Waals surface area (Å²) in [5.74, 6) is -4.75. The third-order valence-corrected chi connectivity index (χ3v) is 6.40. The molecular weight excluding hydrogens is 564 g/mol. The van der Waals surface area contributed by atoms with Crippen molar-refractivity contribution >= 4 is 11.8 Å². The number of amides is 2. The van der Waals surface area contributed by atoms with Crippen molar-refractivity contribution in [2.45, 2.75) is 44.9 Å². The Bertz CT molecular complexity index is 1610. The summed E-state index contributed by atoms with van der Waals surface area (Å²) in [4.78, 5) is 29.3. The zero-order valence-corrected chi connectivity index (χ0v) is 22.3. The van der Waals surface area contributed by atoms with E-state index in [0.717, 1.165) is 28.9 Å². The van der Waals surface area contributed by atoms with Crippen molar-refractivity contribution in [2.75, 3.05) is 0 Å². The second-order valence-electron chi connectivity index (χ2n) is 9.86. The molecule has 1 atom stereocenters. The molecule has 0 spiro atoms. The van der Waals surface area contributed by atoms with Crippen molar-refractivity contribution in [2.24, 2.45) is 5.73 Å². The Kier molecular flexibility index (Phi) is 8.69. The number of carbonyl (C=O) groups excluding carboxylic acids is 2. The molecule has 0 saturated heterocycles. The van der Waals surface area contributed by atoms with Crippen LogP contribution >= 0.6 is 0 Å². The number of pyridine rings is 1. The largest absolute Gasteiger partial charge is 0.435 e. The molecule has 2 heterocycles. The summed E-state index contributed by atoms with van der Waals surface area (Å²) in [5.41, 5.74) is 4.88. The highest BCUT2D eigenvalue weighted by molar-refractivity contribution is 5.94. The van der Waals surface area contributed by atoms with Gasteiger partial charge in [0.05, 0.1) is 17.3 Å². The third-order valence-electron chi connectivity index (χ3n) is 6.40. The van der Waals surface area contributed by atoms with Gasteiger partial charge in [0.15, 0.2) is 5.69 Å². The molecule has 2 aromatic carbocycles. The number of nitrogens with one attached hydrogen (secondary N) is 1. The Labute approximate surface area is 236 Å². The number of halogens is 6. The van der Waals surface area contributed by atoms with E-state index in [1.54, 1.807) is 26.0 Å². The fourth-order valence-electron chi connectivity index (χ4n) is 4.54. The van der Waals surface area contributed by atoms with E-state index in [-0.39, 0.29) is 23.4 Å². The molecule has 42 heavy (non-hydrogen) atoms. The minimum absolute atomic E-state index is 0.146. The Balaban J connectivity index is 1.75. The van der Waals surface area contributed by atoms with Crippen LogP contribution in [0.1, 0.15) is 58.8 Å². The molecule has 0 aliphatic carbocycles. The Morgan fingerprint density at radius 2 is 1.69 bits per heavy atom. The average Bonchev–Trinajstić information content (AvgIpc) is 3.32. The summed E-state index contributed by atoms with van der Waals surface area (Å²) < 4.78 is 83.2. The number of alkyl halides is 3. The fourth-order valence-corrected chi connectivity index (χ4v) is 4.54. The monoisotopic (exact) mass is 589 g/mol. The predicted octanol–water partition coefficient (Wildman–Crippen LogP) is 5.70. The summed E-state index contributed by atoms with van der Waals surface area (Å²) in [6.45, 7) is 2.70. The Morgan fingerprint density at radius 3 is 2.31 bits per heavy atom. The molecule has 13 heteroatoms. The first-order valence-electron chi connectivity index (χ1n) is 12.7. The molecule has 4 rings (SSSR count). The van der Waals surface area contributed by atoms with Crippen LogP contribution in [0.5, 0.6) is 0 Å². The predicted molar refractivity (Wildman–Crippen MR) is 140 cm³/mol. The van der Waals surface area contributed by atoms with E-state index in [9.17, 15) is 35.9 Å². The maximum Gasteiger partial charge on any atom is 0.435 e. The van der Waals surface area contributed by atoms with Gasteiger partial charge in [-0.2, -0.15) is 18.3 Å². The van der Waals surface area contributed by atoms with Crippen molar-refractivity contribution in [3.05, 3.63) is 106 Å². The van der Waals surface area contributed by atoms with Crippen LogP contribution in [0, 0.1) is 17.5 Å². The lowest BCUT2D eigenvalue weighted by atomic mass is 9.94. The summed E-state index contributed by atoms with van der Waals surface area (Å²) in [7, 11) is 0. The lowest BCUT2D eigenvalue weighted by Gasteiger charge is -2.22. The van der Waals surface area contributed by atoms with E-state index in [0.29, 0.717) is 17.2 Å². The maximum atomic E-state index is 14.2. The van der Waals surface area contributed by atoms with Gasteiger partial charge in [-0.05, 0) is 59.9 Å². The van der Waals surface area contributed by atoms with E-state index in [1.807, 2.05) is 0 Å². The molecule has 1 unspecified atom stereocenters. The topological polar surface area (TPSA) is 103 Å². The SMILES string of the molecule is CC(C)c1cc(C(F)(F)F)nn1CC(=O)NC(Cc1cc(F)cc(F)c1)c1ncccc1-c1ccc(F)c(C(N)=O)c1. The summed E-state index contributed by atoms with van der Waals surface area (Å²) >= 11 is 0. The highest BCUT2D eigenvalue weighted by atomic mass is 19.4. The lowest BCUT2D eigenvalue weighted by Crippen LogP contribution is -2.34. The molecule has 2 aromatic heterocycles. The Hall–Kier alpha value is -4.68. The summed E-state index contributed by atoms with van der Waals surface area (Å²) in [5, 5.41) is 6.25. The second kappa shape index (κ2) is 12.0. The van der Waals surface area contributed by atoms with E-state index in [1.165, 1.54) is 18.3 Å². The highest BCUT2D eigenvalue weighted by Gasteiger charge is 2.35. The number of primary amides is 1. The van der Waals surface area contributed by atoms with Gasteiger partial charge in [0, 0.05) is 23.5 Å². The molecule has 7 nitrogen and oxygen atoms in total. The molecule has 0 aliphatic heterocycles. The summed E-state index contributed by atoms with van der Waals surface area (Å²) in [6, 6.07) is 9.32. The van der Waals surface area contributed by atoms with Gasteiger partial charge in [-0.25, -0.2) is 13.2 Å². The number of nitrogens with two attached hydrogens (primary N) is 1. The number of benzene rings is 2. The zero-order chi connectivity index (χ0) is 30.8. The van der Waals surface area contributed by atoms with Gasteiger partial charge in [-0.1, -0.05) is 26.0 Å². The van der Waals surface area contributed by atoms with Crippen LogP contribution in [-0.2, 0) is 23.9 Å². The quantitative estimate of drug-likeness (QED) is 0.245. The van der Waals surface area contributed by atoms with Gasteiger partial charge in [-0.15, -0.1) is 0 Å². The van der Waals surface area contributed by atoms with Gasteiger partial charge in [0.25, 0.3) is 5.91 Å². The number of nitrogens with zero attached hydrogens (tertiary/aromatic N) is 3. The number of hydrogen-bond acceptors (Lipinski definition) is 4. The van der Waals surface area contributed by atoms with Crippen LogP contribution in [0.15, 0.2) is 60.8 Å². The first-order chi connectivity index (χ1) is 19.7.